The van der Waals surface area contributed by atoms with Crippen LogP contribution in [0.3, 0.4) is 0 Å². The van der Waals surface area contributed by atoms with Crippen molar-refractivity contribution in [2.45, 2.75) is 30.7 Å². The van der Waals surface area contributed by atoms with Gasteiger partial charge >= 0.3 is 0 Å². The molecule has 0 spiro atoms. The van der Waals surface area contributed by atoms with Crippen LogP contribution in [0.15, 0.2) is 50.6 Å². The van der Waals surface area contributed by atoms with Crippen molar-refractivity contribution in [1.82, 2.24) is 9.55 Å². The standard InChI is InChI=1S/C18H15BrN2O4S/c1-10-12(3-2-4-16(10)26(23,24)25)15-7-8-17-20-14-9-11(19)5-6-13(14)18(22)21(15)17/h2-6,9,15H,7-8H2,1H3,(H,23,24,25). The van der Waals surface area contributed by atoms with Crippen LogP contribution in [0.5, 0.6) is 0 Å². The average molecular weight is 435 g/mol. The average Bonchev–Trinajstić information content (AvgIpc) is 2.97. The highest BCUT2D eigenvalue weighted by atomic mass is 79.9. The lowest BCUT2D eigenvalue weighted by Crippen LogP contribution is -2.25. The van der Waals surface area contributed by atoms with Crippen LogP contribution in [-0.2, 0) is 16.5 Å². The summed E-state index contributed by atoms with van der Waals surface area (Å²) in [7, 11) is -4.32. The normalized spacial score (nSPS) is 16.8. The van der Waals surface area contributed by atoms with E-state index in [4.69, 9.17) is 0 Å². The first-order chi connectivity index (χ1) is 12.3. The van der Waals surface area contributed by atoms with Crippen molar-refractivity contribution in [3.63, 3.8) is 0 Å². The number of halogens is 1. The molecule has 1 aliphatic rings. The molecule has 1 atom stereocenters. The number of hydrogen-bond donors (Lipinski definition) is 1. The Hall–Kier alpha value is -2.03. The van der Waals surface area contributed by atoms with Crippen molar-refractivity contribution in [1.29, 1.82) is 0 Å². The third-order valence-corrected chi connectivity index (χ3v) is 6.34. The van der Waals surface area contributed by atoms with Gasteiger partial charge in [0.25, 0.3) is 15.7 Å². The fourth-order valence-electron chi connectivity index (χ4n) is 3.68. The molecule has 1 N–H and O–H groups in total. The Morgan fingerprint density at radius 1 is 1.27 bits per heavy atom. The molecule has 2 heterocycles. The van der Waals surface area contributed by atoms with Gasteiger partial charge in [0.2, 0.25) is 0 Å². The second kappa shape index (κ2) is 6.00. The van der Waals surface area contributed by atoms with Gasteiger partial charge in [-0.15, -0.1) is 0 Å². The molecule has 0 saturated carbocycles. The maximum Gasteiger partial charge on any atom is 0.294 e. The van der Waals surface area contributed by atoms with Gasteiger partial charge in [0.05, 0.1) is 21.8 Å². The molecule has 1 aliphatic heterocycles. The Labute approximate surface area is 158 Å². The van der Waals surface area contributed by atoms with Gasteiger partial charge in [-0.05, 0) is 48.7 Å². The molecule has 26 heavy (non-hydrogen) atoms. The van der Waals surface area contributed by atoms with Crippen LogP contribution >= 0.6 is 15.9 Å². The van der Waals surface area contributed by atoms with Crippen LogP contribution in [0, 0.1) is 6.92 Å². The zero-order valence-electron chi connectivity index (χ0n) is 13.8. The summed E-state index contributed by atoms with van der Waals surface area (Å²) in [6.07, 6.45) is 1.27. The predicted molar refractivity (Wildman–Crippen MR) is 101 cm³/mol. The Kier molecular flexibility index (Phi) is 4.02. The summed E-state index contributed by atoms with van der Waals surface area (Å²) in [5.74, 6) is 0.683. The first kappa shape index (κ1) is 17.4. The smallest absolute Gasteiger partial charge is 0.288 e. The first-order valence-electron chi connectivity index (χ1n) is 8.05. The molecule has 1 aromatic heterocycles. The summed E-state index contributed by atoms with van der Waals surface area (Å²) >= 11 is 3.39. The second-order valence-corrected chi connectivity index (χ2v) is 8.67. The van der Waals surface area contributed by atoms with Crippen molar-refractivity contribution in [2.75, 3.05) is 0 Å². The van der Waals surface area contributed by atoms with Crippen LogP contribution in [0.4, 0.5) is 0 Å². The zero-order chi connectivity index (χ0) is 18.6. The van der Waals surface area contributed by atoms with Gasteiger partial charge < -0.3 is 0 Å². The molecule has 0 amide bonds. The molecule has 6 nitrogen and oxygen atoms in total. The SMILES string of the molecule is Cc1c(C2CCc3nc4cc(Br)ccc4c(=O)n32)cccc1S(=O)(=O)O. The number of fused-ring (bicyclic) bond motifs is 2. The lowest BCUT2D eigenvalue weighted by atomic mass is 9.99. The van der Waals surface area contributed by atoms with Gasteiger partial charge in [-0.25, -0.2) is 4.98 Å². The third-order valence-electron chi connectivity index (χ3n) is 4.85. The number of aryl methyl sites for hydroxylation is 1. The van der Waals surface area contributed by atoms with E-state index in [1.54, 1.807) is 35.8 Å². The van der Waals surface area contributed by atoms with Crippen LogP contribution in [0.25, 0.3) is 10.9 Å². The summed E-state index contributed by atoms with van der Waals surface area (Å²) in [6, 6.07) is 9.78. The molecule has 0 aliphatic carbocycles. The molecular weight excluding hydrogens is 420 g/mol. The van der Waals surface area contributed by atoms with Gasteiger partial charge in [0, 0.05) is 10.9 Å². The maximum absolute atomic E-state index is 13.0. The summed E-state index contributed by atoms with van der Waals surface area (Å²) in [6.45, 7) is 1.65. The molecular formula is C18H15BrN2O4S. The topological polar surface area (TPSA) is 89.3 Å². The summed E-state index contributed by atoms with van der Waals surface area (Å²) in [5.41, 5.74) is 1.66. The minimum atomic E-state index is -4.32. The fourth-order valence-corrected chi connectivity index (χ4v) is 4.78. The second-order valence-electron chi connectivity index (χ2n) is 6.36. The number of benzene rings is 2. The van der Waals surface area contributed by atoms with Gasteiger partial charge in [0.15, 0.2) is 0 Å². The van der Waals surface area contributed by atoms with E-state index >= 15 is 0 Å². The molecule has 0 bridgehead atoms. The molecule has 3 aromatic rings. The highest BCUT2D eigenvalue weighted by Gasteiger charge is 2.29. The van der Waals surface area contributed by atoms with Crippen LogP contribution in [-0.4, -0.2) is 22.5 Å². The highest BCUT2D eigenvalue weighted by Crippen LogP contribution is 2.34. The molecule has 134 valence electrons. The van der Waals surface area contributed by atoms with E-state index in [1.807, 2.05) is 6.07 Å². The van der Waals surface area contributed by atoms with Gasteiger partial charge in [-0.2, -0.15) is 8.42 Å². The van der Waals surface area contributed by atoms with Gasteiger partial charge in [-0.3, -0.25) is 13.9 Å². The molecule has 0 radical (unpaired) electrons. The number of rotatable bonds is 2. The number of nitrogens with zero attached hydrogens (tertiary/aromatic N) is 2. The number of aromatic nitrogens is 2. The summed E-state index contributed by atoms with van der Waals surface area (Å²) in [4.78, 5) is 17.5. The van der Waals surface area contributed by atoms with E-state index in [0.717, 1.165) is 4.47 Å². The van der Waals surface area contributed by atoms with E-state index in [-0.39, 0.29) is 16.5 Å². The highest BCUT2D eigenvalue weighted by molar-refractivity contribution is 9.10. The Morgan fingerprint density at radius 2 is 2.04 bits per heavy atom. The van der Waals surface area contributed by atoms with Crippen molar-refractivity contribution in [3.8, 4) is 0 Å². The summed E-state index contributed by atoms with van der Waals surface area (Å²) < 4.78 is 35.2. The van der Waals surface area contributed by atoms with E-state index < -0.39 is 10.1 Å². The molecule has 4 rings (SSSR count). The molecule has 0 saturated heterocycles. The number of hydrogen-bond acceptors (Lipinski definition) is 4. The largest absolute Gasteiger partial charge is 0.294 e. The van der Waals surface area contributed by atoms with Crippen molar-refractivity contribution in [2.24, 2.45) is 0 Å². The van der Waals surface area contributed by atoms with E-state index in [2.05, 4.69) is 20.9 Å². The van der Waals surface area contributed by atoms with E-state index in [9.17, 15) is 17.8 Å². The quantitative estimate of drug-likeness (QED) is 0.625. The Morgan fingerprint density at radius 3 is 2.77 bits per heavy atom. The first-order valence-corrected chi connectivity index (χ1v) is 10.3. The van der Waals surface area contributed by atoms with Gasteiger partial charge in [-0.1, -0.05) is 28.1 Å². The molecule has 0 fully saturated rings. The van der Waals surface area contributed by atoms with Gasteiger partial charge in [0.1, 0.15) is 5.82 Å². The van der Waals surface area contributed by atoms with E-state index in [1.165, 1.54) is 6.07 Å². The predicted octanol–water partition coefficient (Wildman–Crippen LogP) is 3.25. The maximum atomic E-state index is 13.0. The lowest BCUT2D eigenvalue weighted by Gasteiger charge is -2.18. The Balaban J connectivity index is 1.95. The van der Waals surface area contributed by atoms with Crippen molar-refractivity contribution < 1.29 is 13.0 Å². The van der Waals surface area contributed by atoms with Crippen molar-refractivity contribution in [3.05, 3.63) is 68.2 Å². The lowest BCUT2D eigenvalue weighted by molar-refractivity contribution is 0.482. The zero-order valence-corrected chi connectivity index (χ0v) is 16.2. The third kappa shape index (κ3) is 2.69. The van der Waals surface area contributed by atoms with Crippen molar-refractivity contribution >= 4 is 37.0 Å². The fraction of sp³-hybridized carbons (Fsp3) is 0.222. The van der Waals surface area contributed by atoms with Crippen LogP contribution in [0.2, 0.25) is 0 Å². The molecule has 1 unspecified atom stereocenters. The minimum Gasteiger partial charge on any atom is -0.288 e. The van der Waals surface area contributed by atoms with E-state index in [0.29, 0.717) is 40.7 Å². The molecule has 2 aromatic carbocycles. The monoisotopic (exact) mass is 434 g/mol. The minimum absolute atomic E-state index is 0.130. The molecule has 8 heteroatoms. The Bertz CT molecular complexity index is 1220. The van der Waals surface area contributed by atoms with Crippen LogP contribution < -0.4 is 5.56 Å². The van der Waals surface area contributed by atoms with Crippen LogP contribution in [0.1, 0.15) is 29.4 Å². The summed E-state index contributed by atoms with van der Waals surface area (Å²) in [5, 5.41) is 0.521.